The van der Waals surface area contributed by atoms with Gasteiger partial charge < -0.3 is 17.2 Å². The Hall–Kier alpha value is -0.252. The molecule has 6 N–H and O–H groups in total. The number of hydrogen-bond donors (Lipinski definition) is 3. The van der Waals surface area contributed by atoms with Gasteiger partial charge in [0.1, 0.15) is 12.0 Å². The third-order valence-corrected chi connectivity index (χ3v) is 0.946. The summed E-state index contributed by atoms with van der Waals surface area (Å²) in [5.41, 5.74) is 16.1. The van der Waals surface area contributed by atoms with Gasteiger partial charge in [0, 0.05) is 0 Å². The molecule has 0 atom stereocenters. The quantitative estimate of drug-likeness (QED) is 0.601. The molecule has 0 aliphatic carbocycles. The topological polar surface area (TPSA) is 104 Å². The minimum absolute atomic E-state index is 0.225. The summed E-state index contributed by atoms with van der Waals surface area (Å²) < 4.78 is 0. The van der Waals surface area contributed by atoms with Crippen molar-refractivity contribution in [3.8, 4) is 0 Å². The molecule has 0 saturated heterocycles. The van der Waals surface area contributed by atoms with Crippen LogP contribution in [0.5, 0.6) is 0 Å². The van der Waals surface area contributed by atoms with E-state index in [1.54, 1.807) is 0 Å². The summed E-state index contributed by atoms with van der Waals surface area (Å²) in [6, 6.07) is 0. The molecule has 0 amide bonds. The monoisotopic (exact) mass is 390 g/mol. The first kappa shape index (κ1) is 11.7. The van der Waals surface area contributed by atoms with Gasteiger partial charge in [-0.2, -0.15) is 0 Å². The fourth-order valence-corrected chi connectivity index (χ4v) is 0.424. The molecule has 1 heterocycles. The standard InChI is InChI=1S/C4H7N5.2ClH.Pt/c5-2-3(6)8-1-9-4(2)7;;;/h1H,5H2,(H4,6,7,8,9);2*1H;/q;;;+2/p-2. The normalized spacial score (nSPS) is 8.83. The van der Waals surface area contributed by atoms with Crippen LogP contribution in [0.2, 0.25) is 0 Å². The SMILES string of the molecule is Nc1ncnc(N)c1N.[Cl][Pt][Cl]. The van der Waals surface area contributed by atoms with E-state index < -0.39 is 16.5 Å². The number of aromatic nitrogens is 2. The summed E-state index contributed by atoms with van der Waals surface area (Å²) >= 11 is -0.472. The van der Waals surface area contributed by atoms with Gasteiger partial charge in [-0.15, -0.1) is 0 Å². The Balaban J connectivity index is 0.000000354. The number of nitrogen functional groups attached to an aromatic ring is 3. The number of rotatable bonds is 0. The summed E-state index contributed by atoms with van der Waals surface area (Å²) in [5.74, 6) is 0.449. The third kappa shape index (κ3) is 3.95. The number of anilines is 3. The molecule has 0 unspecified atom stereocenters. The second kappa shape index (κ2) is 6.28. The number of halogens is 2. The van der Waals surface area contributed by atoms with Crippen LogP contribution in [0.4, 0.5) is 17.3 Å². The van der Waals surface area contributed by atoms with Gasteiger partial charge in [-0.1, -0.05) is 0 Å². The van der Waals surface area contributed by atoms with E-state index in [2.05, 4.69) is 9.97 Å². The van der Waals surface area contributed by atoms with Crippen LogP contribution in [0.3, 0.4) is 0 Å². The first-order chi connectivity index (χ1) is 5.63. The predicted octanol–water partition coefficient (Wildman–Crippen LogP) is 0.600. The minimum atomic E-state index is -0.472. The second-order valence-electron chi connectivity index (χ2n) is 1.60. The van der Waals surface area contributed by atoms with Gasteiger partial charge >= 0.3 is 35.3 Å². The van der Waals surface area contributed by atoms with Gasteiger partial charge in [0.15, 0.2) is 11.6 Å². The Morgan fingerprint density at radius 1 is 1.08 bits per heavy atom. The van der Waals surface area contributed by atoms with Crippen LogP contribution in [0.15, 0.2) is 6.33 Å². The molecule has 0 aliphatic heterocycles. The molecule has 1 rings (SSSR count). The summed E-state index contributed by atoms with van der Waals surface area (Å²) in [5, 5.41) is 0. The molecule has 5 nitrogen and oxygen atoms in total. The van der Waals surface area contributed by atoms with E-state index in [1.165, 1.54) is 6.33 Å². The van der Waals surface area contributed by atoms with Crippen molar-refractivity contribution in [2.75, 3.05) is 17.2 Å². The number of hydrogen-bond acceptors (Lipinski definition) is 5. The van der Waals surface area contributed by atoms with Crippen LogP contribution >= 0.6 is 18.8 Å². The van der Waals surface area contributed by atoms with Crippen molar-refractivity contribution in [2.24, 2.45) is 0 Å². The zero-order valence-corrected chi connectivity index (χ0v) is 9.56. The average molecular weight is 391 g/mol. The fourth-order valence-electron chi connectivity index (χ4n) is 0.424. The van der Waals surface area contributed by atoms with Crippen molar-refractivity contribution in [3.63, 3.8) is 0 Å². The van der Waals surface area contributed by atoms with Crippen molar-refractivity contribution in [1.82, 2.24) is 9.97 Å². The summed E-state index contributed by atoms with van der Waals surface area (Å²) in [6.45, 7) is 0. The number of nitrogens with two attached hydrogens (primary N) is 3. The van der Waals surface area contributed by atoms with Gasteiger partial charge in [-0.05, 0) is 0 Å². The van der Waals surface area contributed by atoms with E-state index in [4.69, 9.17) is 36.0 Å². The van der Waals surface area contributed by atoms with Gasteiger partial charge in [-0.25, -0.2) is 9.97 Å². The Kier molecular flexibility index (Phi) is 6.15. The van der Waals surface area contributed by atoms with E-state index in [0.717, 1.165) is 0 Å². The molecule has 0 radical (unpaired) electrons. The fraction of sp³-hybridized carbons (Fsp3) is 0. The Morgan fingerprint density at radius 3 is 1.67 bits per heavy atom. The second-order valence-corrected chi connectivity index (χ2v) is 4.89. The Bertz CT molecular complexity index is 225. The van der Waals surface area contributed by atoms with Crippen LogP contribution in [-0.2, 0) is 16.5 Å². The molecule has 1 aromatic rings. The Morgan fingerprint density at radius 2 is 1.42 bits per heavy atom. The van der Waals surface area contributed by atoms with Crippen molar-refractivity contribution >= 4 is 36.2 Å². The molecular formula is C4H7Cl2N5Pt. The molecule has 12 heavy (non-hydrogen) atoms. The van der Waals surface area contributed by atoms with Gasteiger partial charge in [0.25, 0.3) is 0 Å². The molecule has 0 saturated carbocycles. The zero-order valence-electron chi connectivity index (χ0n) is 5.78. The molecule has 0 aromatic carbocycles. The molecule has 0 aliphatic rings. The van der Waals surface area contributed by atoms with Crippen LogP contribution in [-0.4, -0.2) is 9.97 Å². The molecule has 8 heteroatoms. The van der Waals surface area contributed by atoms with Crippen LogP contribution < -0.4 is 17.2 Å². The molecule has 1 aromatic heterocycles. The van der Waals surface area contributed by atoms with Crippen molar-refractivity contribution in [1.29, 1.82) is 0 Å². The van der Waals surface area contributed by atoms with Crippen molar-refractivity contribution < 1.29 is 16.5 Å². The maximum absolute atomic E-state index is 5.31. The number of nitrogens with zero attached hydrogens (tertiary/aromatic N) is 2. The molecular weight excluding hydrogens is 384 g/mol. The molecule has 0 bridgehead atoms. The maximum atomic E-state index is 5.31. The summed E-state index contributed by atoms with van der Waals surface area (Å²) in [6.07, 6.45) is 1.26. The molecule has 0 spiro atoms. The van der Waals surface area contributed by atoms with Crippen molar-refractivity contribution in [2.45, 2.75) is 0 Å². The van der Waals surface area contributed by atoms with Crippen LogP contribution in [0, 0.1) is 0 Å². The van der Waals surface area contributed by atoms with E-state index in [9.17, 15) is 0 Å². The van der Waals surface area contributed by atoms with E-state index >= 15 is 0 Å². The predicted molar refractivity (Wildman–Crippen MR) is 47.0 cm³/mol. The molecule has 72 valence electrons. The van der Waals surface area contributed by atoms with Gasteiger partial charge in [0.2, 0.25) is 0 Å². The van der Waals surface area contributed by atoms with Crippen LogP contribution in [0.25, 0.3) is 0 Å². The van der Waals surface area contributed by atoms with E-state index in [0.29, 0.717) is 0 Å². The van der Waals surface area contributed by atoms with Gasteiger partial charge in [0.05, 0.1) is 0 Å². The summed E-state index contributed by atoms with van der Waals surface area (Å²) in [4.78, 5) is 7.20. The first-order valence-corrected chi connectivity index (χ1v) is 8.20. The zero-order chi connectivity index (χ0) is 9.56. The Labute approximate surface area is 86.0 Å². The third-order valence-electron chi connectivity index (χ3n) is 0.946. The van der Waals surface area contributed by atoms with E-state index in [1.807, 2.05) is 0 Å². The average Bonchev–Trinajstić information content (AvgIpc) is 2.02. The van der Waals surface area contributed by atoms with Gasteiger partial charge in [-0.3, -0.25) is 0 Å². The summed E-state index contributed by atoms with van der Waals surface area (Å²) in [7, 11) is 9.75. The van der Waals surface area contributed by atoms with E-state index in [-0.39, 0.29) is 17.3 Å². The molecule has 0 fully saturated rings. The first-order valence-electron chi connectivity index (χ1n) is 2.57. The van der Waals surface area contributed by atoms with Crippen molar-refractivity contribution in [3.05, 3.63) is 6.33 Å². The van der Waals surface area contributed by atoms with Crippen LogP contribution in [0.1, 0.15) is 0 Å².